The van der Waals surface area contributed by atoms with Gasteiger partial charge in [0.1, 0.15) is 6.04 Å². The van der Waals surface area contributed by atoms with Gasteiger partial charge in [-0.15, -0.1) is 11.8 Å². The van der Waals surface area contributed by atoms with E-state index in [4.69, 9.17) is 11.6 Å². The molecule has 2 aromatic rings. The molecule has 2 rings (SSSR count). The molecule has 6 heteroatoms. The minimum absolute atomic E-state index is 0.0629. The first kappa shape index (κ1) is 24.3. The van der Waals surface area contributed by atoms with Gasteiger partial charge in [-0.3, -0.25) is 9.59 Å². The van der Waals surface area contributed by atoms with Gasteiger partial charge in [0.05, 0.1) is 5.75 Å². The third kappa shape index (κ3) is 7.37. The second kappa shape index (κ2) is 12.0. The van der Waals surface area contributed by atoms with Crippen LogP contribution >= 0.6 is 23.4 Å². The van der Waals surface area contributed by atoms with Crippen LogP contribution < -0.4 is 5.32 Å². The fourth-order valence-corrected chi connectivity index (χ4v) is 4.05. The number of aryl methyl sites for hydroxylation is 1. The van der Waals surface area contributed by atoms with Gasteiger partial charge >= 0.3 is 0 Å². The third-order valence-electron chi connectivity index (χ3n) is 5.04. The van der Waals surface area contributed by atoms with Crippen LogP contribution in [0.5, 0.6) is 0 Å². The molecule has 0 radical (unpaired) electrons. The Balaban J connectivity index is 2.09. The van der Waals surface area contributed by atoms with Gasteiger partial charge in [-0.2, -0.15) is 0 Å². The summed E-state index contributed by atoms with van der Waals surface area (Å²) in [5, 5.41) is 3.58. The van der Waals surface area contributed by atoms with E-state index in [1.165, 1.54) is 11.1 Å². The van der Waals surface area contributed by atoms with E-state index in [2.05, 4.69) is 30.4 Å². The highest BCUT2D eigenvalue weighted by Gasteiger charge is 2.27. The lowest BCUT2D eigenvalue weighted by molar-refractivity contribution is -0.138. The van der Waals surface area contributed by atoms with E-state index in [1.54, 1.807) is 29.7 Å². The molecule has 0 aliphatic rings. The van der Waals surface area contributed by atoms with Crippen molar-refractivity contribution in [1.29, 1.82) is 0 Å². The molecule has 0 spiro atoms. The lowest BCUT2D eigenvalue weighted by Crippen LogP contribution is -2.50. The smallest absolute Gasteiger partial charge is 0.242 e. The molecular formula is C24H31ClN2O2S. The summed E-state index contributed by atoms with van der Waals surface area (Å²) in [7, 11) is 0. The molecule has 162 valence electrons. The van der Waals surface area contributed by atoms with Gasteiger partial charge in [0.2, 0.25) is 11.8 Å². The van der Waals surface area contributed by atoms with Gasteiger partial charge in [-0.05, 0) is 44.4 Å². The summed E-state index contributed by atoms with van der Waals surface area (Å²) in [5.74, 6) is 0.841. The molecule has 0 aliphatic carbocycles. The van der Waals surface area contributed by atoms with Gasteiger partial charge in [0.25, 0.3) is 0 Å². The first-order valence-electron chi connectivity index (χ1n) is 10.3. The fraction of sp³-hybridized carbons (Fsp3) is 0.417. The molecule has 0 bridgehead atoms. The predicted molar refractivity (Wildman–Crippen MR) is 127 cm³/mol. The monoisotopic (exact) mass is 446 g/mol. The molecule has 4 nitrogen and oxygen atoms in total. The zero-order chi connectivity index (χ0) is 22.1. The van der Waals surface area contributed by atoms with Crippen molar-refractivity contribution >= 4 is 35.2 Å². The van der Waals surface area contributed by atoms with E-state index >= 15 is 0 Å². The minimum atomic E-state index is -0.581. The molecule has 0 heterocycles. The quantitative estimate of drug-likeness (QED) is 0.544. The van der Waals surface area contributed by atoms with Crippen LogP contribution in [0.1, 0.15) is 43.9 Å². The maximum Gasteiger partial charge on any atom is 0.242 e. The van der Waals surface area contributed by atoms with E-state index < -0.39 is 6.04 Å². The molecule has 2 aromatic carbocycles. The van der Waals surface area contributed by atoms with Crippen molar-refractivity contribution in [2.75, 3.05) is 5.75 Å². The molecule has 30 heavy (non-hydrogen) atoms. The van der Waals surface area contributed by atoms with Crippen molar-refractivity contribution in [1.82, 2.24) is 10.2 Å². The lowest BCUT2D eigenvalue weighted by Gasteiger charge is -2.30. The van der Waals surface area contributed by atoms with Crippen molar-refractivity contribution in [3.8, 4) is 0 Å². The number of amides is 2. The second-order valence-corrected chi connectivity index (χ2v) is 8.98. The van der Waals surface area contributed by atoms with Gasteiger partial charge in [0.15, 0.2) is 0 Å². The standard InChI is InChI=1S/C24H31ClN2O2S/c1-5-18(3)26-24(29)19(4)27(14-21-11-6-7-12-22(21)25)23(28)16-30-15-20-10-8-9-17(2)13-20/h6-13,18-19H,5,14-16H2,1-4H3,(H,26,29)/t18-,19-/m0/s1. The molecule has 2 atom stereocenters. The van der Waals surface area contributed by atoms with Crippen molar-refractivity contribution in [3.63, 3.8) is 0 Å². The first-order valence-corrected chi connectivity index (χ1v) is 11.8. The molecule has 0 aromatic heterocycles. The van der Waals surface area contributed by atoms with Crippen LogP contribution in [0.3, 0.4) is 0 Å². The summed E-state index contributed by atoms with van der Waals surface area (Å²) < 4.78 is 0. The summed E-state index contributed by atoms with van der Waals surface area (Å²) in [6.07, 6.45) is 0.837. The number of nitrogens with one attached hydrogen (secondary N) is 1. The SMILES string of the molecule is CC[C@H](C)NC(=O)[C@H](C)N(Cc1ccccc1Cl)C(=O)CSCc1cccc(C)c1. The van der Waals surface area contributed by atoms with Crippen LogP contribution in [0.25, 0.3) is 0 Å². The summed E-state index contributed by atoms with van der Waals surface area (Å²) >= 11 is 7.88. The zero-order valence-electron chi connectivity index (χ0n) is 18.2. The van der Waals surface area contributed by atoms with Gasteiger partial charge in [0, 0.05) is 23.4 Å². The normalized spacial score (nSPS) is 12.8. The van der Waals surface area contributed by atoms with Crippen LogP contribution in [0.4, 0.5) is 0 Å². The largest absolute Gasteiger partial charge is 0.352 e. The average Bonchev–Trinajstić information content (AvgIpc) is 2.72. The predicted octanol–water partition coefficient (Wildman–Crippen LogP) is 5.21. The molecule has 2 amide bonds. The number of rotatable bonds is 10. The Labute approximate surface area is 189 Å². The van der Waals surface area contributed by atoms with Crippen LogP contribution in [0.2, 0.25) is 5.02 Å². The number of carbonyl (C=O) groups is 2. The maximum atomic E-state index is 13.1. The minimum Gasteiger partial charge on any atom is -0.352 e. The van der Waals surface area contributed by atoms with Crippen LogP contribution in [-0.4, -0.2) is 34.6 Å². The Morgan fingerprint density at radius 2 is 1.87 bits per heavy atom. The number of benzene rings is 2. The molecule has 0 aliphatic heterocycles. The molecule has 1 N–H and O–H groups in total. The van der Waals surface area contributed by atoms with Crippen molar-refractivity contribution < 1.29 is 9.59 Å². The highest BCUT2D eigenvalue weighted by Crippen LogP contribution is 2.20. The van der Waals surface area contributed by atoms with Crippen molar-refractivity contribution in [3.05, 3.63) is 70.2 Å². The van der Waals surface area contributed by atoms with E-state index in [-0.39, 0.29) is 17.9 Å². The van der Waals surface area contributed by atoms with Gasteiger partial charge < -0.3 is 10.2 Å². The topological polar surface area (TPSA) is 49.4 Å². The number of hydrogen-bond acceptors (Lipinski definition) is 3. The van der Waals surface area contributed by atoms with E-state index in [9.17, 15) is 9.59 Å². The highest BCUT2D eigenvalue weighted by atomic mass is 35.5. The van der Waals surface area contributed by atoms with E-state index in [1.807, 2.05) is 38.1 Å². The Hall–Kier alpha value is -1.98. The van der Waals surface area contributed by atoms with Crippen LogP contribution in [-0.2, 0) is 21.9 Å². The van der Waals surface area contributed by atoms with Gasteiger partial charge in [-0.25, -0.2) is 0 Å². The Morgan fingerprint density at radius 1 is 1.13 bits per heavy atom. The molecule has 0 fully saturated rings. The molecule has 0 unspecified atom stereocenters. The Bertz CT molecular complexity index is 859. The first-order chi connectivity index (χ1) is 14.3. The molecular weight excluding hydrogens is 416 g/mol. The van der Waals surface area contributed by atoms with Crippen LogP contribution in [0.15, 0.2) is 48.5 Å². The molecule has 0 saturated heterocycles. The van der Waals surface area contributed by atoms with Crippen molar-refractivity contribution in [2.45, 2.75) is 58.5 Å². The van der Waals surface area contributed by atoms with Gasteiger partial charge in [-0.1, -0.05) is 66.6 Å². The summed E-state index contributed by atoms with van der Waals surface area (Å²) in [4.78, 5) is 27.4. The van der Waals surface area contributed by atoms with Crippen LogP contribution in [0, 0.1) is 6.92 Å². The average molecular weight is 447 g/mol. The Morgan fingerprint density at radius 3 is 2.53 bits per heavy atom. The highest BCUT2D eigenvalue weighted by molar-refractivity contribution is 7.99. The maximum absolute atomic E-state index is 13.1. The number of thioether (sulfide) groups is 1. The third-order valence-corrected chi connectivity index (χ3v) is 6.40. The lowest BCUT2D eigenvalue weighted by atomic mass is 10.1. The summed E-state index contributed by atoms with van der Waals surface area (Å²) in [6.45, 7) is 8.12. The Kier molecular flexibility index (Phi) is 9.73. The van der Waals surface area contributed by atoms with E-state index in [0.29, 0.717) is 17.3 Å². The number of halogens is 1. The van der Waals surface area contributed by atoms with Crippen molar-refractivity contribution in [2.24, 2.45) is 0 Å². The summed E-state index contributed by atoms with van der Waals surface area (Å²) in [5.41, 5.74) is 3.22. The number of hydrogen-bond donors (Lipinski definition) is 1. The zero-order valence-corrected chi connectivity index (χ0v) is 19.7. The van der Waals surface area contributed by atoms with E-state index in [0.717, 1.165) is 17.7 Å². The fourth-order valence-electron chi connectivity index (χ4n) is 3.00. The number of nitrogens with zero attached hydrogens (tertiary/aromatic N) is 1. The number of carbonyl (C=O) groups excluding carboxylic acids is 2. The second-order valence-electron chi connectivity index (χ2n) is 7.59. The molecule has 0 saturated carbocycles. The summed E-state index contributed by atoms with van der Waals surface area (Å²) in [6, 6.07) is 15.2.